The number of aliphatic hydroxyl groups excluding tert-OH is 1. The van der Waals surface area contributed by atoms with Gasteiger partial charge in [-0.15, -0.1) is 11.3 Å². The van der Waals surface area contributed by atoms with E-state index in [-0.39, 0.29) is 6.10 Å². The lowest BCUT2D eigenvalue weighted by molar-refractivity contribution is 0.191. The Labute approximate surface area is 70.1 Å². The van der Waals surface area contributed by atoms with Crippen LogP contribution in [0.4, 0.5) is 0 Å². The first-order valence-corrected chi connectivity index (χ1v) is 4.44. The van der Waals surface area contributed by atoms with Crippen molar-refractivity contribution in [3.63, 3.8) is 0 Å². The summed E-state index contributed by atoms with van der Waals surface area (Å²) < 4.78 is 0. The zero-order chi connectivity index (χ0) is 8.10. The Morgan fingerprint density at radius 3 is 3.18 bits per heavy atom. The highest BCUT2D eigenvalue weighted by Gasteiger charge is 1.96. The van der Waals surface area contributed by atoms with Gasteiger partial charge in [0.2, 0.25) is 0 Å². The molecule has 1 aromatic rings. The standard InChI is InChI=1S/C7H12N2OS/c1-6(10)4-8-5-7-9-2-3-11-7/h2-3,6,8,10H,4-5H2,1H3. The van der Waals surface area contributed by atoms with Gasteiger partial charge in [-0.05, 0) is 6.92 Å². The molecule has 1 atom stereocenters. The zero-order valence-electron chi connectivity index (χ0n) is 6.45. The number of thiazole rings is 1. The first-order chi connectivity index (χ1) is 5.29. The van der Waals surface area contributed by atoms with Gasteiger partial charge in [-0.3, -0.25) is 0 Å². The number of nitrogens with zero attached hydrogens (tertiary/aromatic N) is 1. The molecule has 62 valence electrons. The van der Waals surface area contributed by atoms with Gasteiger partial charge < -0.3 is 10.4 Å². The Bertz CT molecular complexity index is 186. The molecular weight excluding hydrogens is 160 g/mol. The van der Waals surface area contributed by atoms with Crippen LogP contribution in [-0.4, -0.2) is 22.7 Å². The van der Waals surface area contributed by atoms with Gasteiger partial charge in [0.05, 0.1) is 6.10 Å². The molecule has 0 bridgehead atoms. The summed E-state index contributed by atoms with van der Waals surface area (Å²) in [6.45, 7) is 3.14. The number of aliphatic hydroxyl groups is 1. The molecule has 0 spiro atoms. The third kappa shape index (κ3) is 3.46. The largest absolute Gasteiger partial charge is 0.392 e. The summed E-state index contributed by atoms with van der Waals surface area (Å²) in [6.07, 6.45) is 1.50. The zero-order valence-corrected chi connectivity index (χ0v) is 7.27. The summed E-state index contributed by atoms with van der Waals surface area (Å²) >= 11 is 1.62. The van der Waals surface area contributed by atoms with Crippen LogP contribution in [-0.2, 0) is 6.54 Å². The first kappa shape index (κ1) is 8.64. The van der Waals surface area contributed by atoms with E-state index in [1.165, 1.54) is 0 Å². The van der Waals surface area contributed by atoms with Crippen molar-refractivity contribution in [1.29, 1.82) is 0 Å². The average Bonchev–Trinajstić information content (AvgIpc) is 2.39. The maximum Gasteiger partial charge on any atom is 0.106 e. The van der Waals surface area contributed by atoms with E-state index < -0.39 is 0 Å². The number of aromatic nitrogens is 1. The summed E-state index contributed by atoms with van der Waals surface area (Å²) in [7, 11) is 0. The fraction of sp³-hybridized carbons (Fsp3) is 0.571. The summed E-state index contributed by atoms with van der Waals surface area (Å²) in [4.78, 5) is 4.09. The number of rotatable bonds is 4. The van der Waals surface area contributed by atoms with Crippen LogP contribution >= 0.6 is 11.3 Å². The maximum atomic E-state index is 8.90. The van der Waals surface area contributed by atoms with E-state index in [0.717, 1.165) is 11.6 Å². The minimum absolute atomic E-state index is 0.282. The number of hydrogen-bond donors (Lipinski definition) is 2. The second kappa shape index (κ2) is 4.43. The van der Waals surface area contributed by atoms with Crippen molar-refractivity contribution in [2.45, 2.75) is 19.6 Å². The van der Waals surface area contributed by atoms with Crippen molar-refractivity contribution in [1.82, 2.24) is 10.3 Å². The van der Waals surface area contributed by atoms with E-state index in [0.29, 0.717) is 6.54 Å². The molecule has 1 unspecified atom stereocenters. The molecule has 1 rings (SSSR count). The molecule has 3 nitrogen and oxygen atoms in total. The van der Waals surface area contributed by atoms with Crippen LogP contribution < -0.4 is 5.32 Å². The quantitative estimate of drug-likeness (QED) is 0.699. The van der Waals surface area contributed by atoms with Gasteiger partial charge in [0.1, 0.15) is 5.01 Å². The van der Waals surface area contributed by atoms with Crippen LogP contribution in [0.2, 0.25) is 0 Å². The van der Waals surface area contributed by atoms with Gasteiger partial charge in [0.15, 0.2) is 0 Å². The molecule has 0 saturated carbocycles. The van der Waals surface area contributed by atoms with Crippen molar-refractivity contribution >= 4 is 11.3 Å². The van der Waals surface area contributed by atoms with Crippen molar-refractivity contribution in [3.05, 3.63) is 16.6 Å². The van der Waals surface area contributed by atoms with Gasteiger partial charge >= 0.3 is 0 Å². The van der Waals surface area contributed by atoms with E-state index in [2.05, 4.69) is 10.3 Å². The minimum Gasteiger partial charge on any atom is -0.392 e. The van der Waals surface area contributed by atoms with Gasteiger partial charge in [-0.2, -0.15) is 0 Å². The Balaban J connectivity index is 2.14. The molecule has 0 aromatic carbocycles. The maximum absolute atomic E-state index is 8.90. The van der Waals surface area contributed by atoms with Crippen LogP contribution in [0.5, 0.6) is 0 Å². The second-order valence-electron chi connectivity index (χ2n) is 2.41. The van der Waals surface area contributed by atoms with Crippen LogP contribution in [0.1, 0.15) is 11.9 Å². The van der Waals surface area contributed by atoms with E-state index >= 15 is 0 Å². The molecule has 1 heterocycles. The smallest absolute Gasteiger partial charge is 0.106 e. The molecule has 2 N–H and O–H groups in total. The number of hydrogen-bond acceptors (Lipinski definition) is 4. The van der Waals surface area contributed by atoms with E-state index in [4.69, 9.17) is 5.11 Å². The Morgan fingerprint density at radius 2 is 2.64 bits per heavy atom. The van der Waals surface area contributed by atoms with Gasteiger partial charge in [-0.25, -0.2) is 4.98 Å². The summed E-state index contributed by atoms with van der Waals surface area (Å²) in [6, 6.07) is 0. The molecule has 0 amide bonds. The Morgan fingerprint density at radius 1 is 1.82 bits per heavy atom. The molecule has 0 aliphatic rings. The van der Waals surface area contributed by atoms with Gasteiger partial charge in [0, 0.05) is 24.7 Å². The van der Waals surface area contributed by atoms with Crippen LogP contribution in [0.25, 0.3) is 0 Å². The normalized spacial score (nSPS) is 13.3. The fourth-order valence-corrected chi connectivity index (χ4v) is 1.31. The molecule has 0 aliphatic heterocycles. The molecule has 0 fully saturated rings. The van der Waals surface area contributed by atoms with Crippen molar-refractivity contribution in [2.75, 3.05) is 6.54 Å². The highest BCUT2D eigenvalue weighted by atomic mass is 32.1. The lowest BCUT2D eigenvalue weighted by Crippen LogP contribution is -2.23. The third-order valence-electron chi connectivity index (χ3n) is 1.20. The van der Waals surface area contributed by atoms with E-state index in [1.54, 1.807) is 24.5 Å². The molecule has 0 saturated heterocycles. The van der Waals surface area contributed by atoms with Crippen molar-refractivity contribution < 1.29 is 5.11 Å². The van der Waals surface area contributed by atoms with Crippen LogP contribution in [0.3, 0.4) is 0 Å². The highest BCUT2D eigenvalue weighted by Crippen LogP contribution is 2.02. The molecular formula is C7H12N2OS. The summed E-state index contributed by atoms with van der Waals surface area (Å²) in [5, 5.41) is 15.0. The van der Waals surface area contributed by atoms with Gasteiger partial charge in [0.25, 0.3) is 0 Å². The van der Waals surface area contributed by atoms with Gasteiger partial charge in [-0.1, -0.05) is 0 Å². The fourth-order valence-electron chi connectivity index (χ4n) is 0.728. The second-order valence-corrected chi connectivity index (χ2v) is 3.38. The summed E-state index contributed by atoms with van der Waals surface area (Å²) in [5.74, 6) is 0. The third-order valence-corrected chi connectivity index (χ3v) is 1.98. The van der Waals surface area contributed by atoms with Crippen LogP contribution in [0.15, 0.2) is 11.6 Å². The van der Waals surface area contributed by atoms with Crippen LogP contribution in [0, 0.1) is 0 Å². The Hall–Kier alpha value is -0.450. The average molecular weight is 172 g/mol. The minimum atomic E-state index is -0.282. The molecule has 4 heteroatoms. The first-order valence-electron chi connectivity index (χ1n) is 3.56. The SMILES string of the molecule is CC(O)CNCc1nccs1. The molecule has 0 radical (unpaired) electrons. The lowest BCUT2D eigenvalue weighted by atomic mass is 10.4. The highest BCUT2D eigenvalue weighted by molar-refractivity contribution is 7.09. The topological polar surface area (TPSA) is 45.1 Å². The van der Waals surface area contributed by atoms with E-state index in [1.807, 2.05) is 5.38 Å². The molecule has 11 heavy (non-hydrogen) atoms. The van der Waals surface area contributed by atoms with Crippen molar-refractivity contribution in [3.8, 4) is 0 Å². The summed E-state index contributed by atoms with van der Waals surface area (Å²) in [5.41, 5.74) is 0. The lowest BCUT2D eigenvalue weighted by Gasteiger charge is -2.03. The molecule has 1 aromatic heterocycles. The Kier molecular flexibility index (Phi) is 3.48. The van der Waals surface area contributed by atoms with Crippen molar-refractivity contribution in [2.24, 2.45) is 0 Å². The molecule has 0 aliphatic carbocycles. The van der Waals surface area contributed by atoms with E-state index in [9.17, 15) is 0 Å². The predicted molar refractivity (Wildman–Crippen MR) is 45.5 cm³/mol. The predicted octanol–water partition coefficient (Wildman–Crippen LogP) is 0.613. The number of nitrogens with one attached hydrogen (secondary N) is 1. The monoisotopic (exact) mass is 172 g/mol.